The fraction of sp³-hybridized carbons (Fsp3) is 0.417. The summed E-state index contributed by atoms with van der Waals surface area (Å²) in [7, 11) is 0. The van der Waals surface area contributed by atoms with E-state index in [4.69, 9.17) is 16.9 Å². The minimum atomic E-state index is 0.494. The molecule has 0 bridgehead atoms. The Morgan fingerprint density at radius 2 is 2.27 bits per heavy atom. The zero-order valence-corrected chi connectivity index (χ0v) is 9.38. The van der Waals surface area contributed by atoms with Crippen molar-refractivity contribution in [3.63, 3.8) is 0 Å². The molecule has 0 heterocycles. The molecular formula is C12H13ClN2. The third kappa shape index (κ3) is 2.43. The van der Waals surface area contributed by atoms with E-state index in [1.807, 2.05) is 12.1 Å². The summed E-state index contributed by atoms with van der Waals surface area (Å²) in [5, 5.41) is 12.7. The lowest BCUT2D eigenvalue weighted by atomic mass is 10.2. The fourth-order valence-electron chi connectivity index (χ4n) is 1.67. The lowest BCUT2D eigenvalue weighted by Crippen LogP contribution is -2.17. The van der Waals surface area contributed by atoms with Crippen molar-refractivity contribution in [2.45, 2.75) is 25.8 Å². The van der Waals surface area contributed by atoms with Crippen LogP contribution < -0.4 is 5.32 Å². The van der Waals surface area contributed by atoms with Crippen molar-refractivity contribution in [2.75, 3.05) is 5.32 Å². The van der Waals surface area contributed by atoms with E-state index in [-0.39, 0.29) is 0 Å². The van der Waals surface area contributed by atoms with Crippen LogP contribution in [0.25, 0.3) is 0 Å². The van der Waals surface area contributed by atoms with E-state index >= 15 is 0 Å². The van der Waals surface area contributed by atoms with Gasteiger partial charge in [-0.3, -0.25) is 0 Å². The molecule has 1 N–H and O–H groups in total. The maximum Gasteiger partial charge on any atom is 0.101 e. The first-order valence-electron chi connectivity index (χ1n) is 5.17. The number of rotatable bonds is 3. The molecule has 0 unspecified atom stereocenters. The number of halogens is 1. The second kappa shape index (κ2) is 4.12. The van der Waals surface area contributed by atoms with Crippen molar-refractivity contribution in [3.05, 3.63) is 28.8 Å². The average molecular weight is 221 g/mol. The predicted molar refractivity (Wildman–Crippen MR) is 62.0 cm³/mol. The molecule has 78 valence electrons. The van der Waals surface area contributed by atoms with Crippen LogP contribution in [0.4, 0.5) is 5.69 Å². The maximum atomic E-state index is 8.73. The standard InChI is InChI=1S/C12H13ClN2/c1-8(9-2-3-9)15-11-5-4-10(7-14)12(13)6-11/h4-6,8-9,15H,2-3H2,1H3/t8-/m1/s1. The Kier molecular flexibility index (Phi) is 2.83. The van der Waals surface area contributed by atoms with Crippen LogP contribution in [0.1, 0.15) is 25.3 Å². The predicted octanol–water partition coefficient (Wildman–Crippen LogP) is 3.42. The molecule has 2 nitrogen and oxygen atoms in total. The zero-order valence-electron chi connectivity index (χ0n) is 8.63. The van der Waals surface area contributed by atoms with Crippen molar-refractivity contribution in [3.8, 4) is 6.07 Å². The van der Waals surface area contributed by atoms with Crippen molar-refractivity contribution < 1.29 is 0 Å². The summed E-state index contributed by atoms with van der Waals surface area (Å²) in [5.41, 5.74) is 1.53. The van der Waals surface area contributed by atoms with Crippen LogP contribution in [0, 0.1) is 17.2 Å². The van der Waals surface area contributed by atoms with Crippen LogP contribution in [-0.2, 0) is 0 Å². The van der Waals surface area contributed by atoms with E-state index in [0.29, 0.717) is 16.6 Å². The second-order valence-corrected chi connectivity index (χ2v) is 4.48. The van der Waals surface area contributed by atoms with Gasteiger partial charge >= 0.3 is 0 Å². The molecule has 0 radical (unpaired) electrons. The van der Waals surface area contributed by atoms with E-state index in [0.717, 1.165) is 11.6 Å². The Morgan fingerprint density at radius 1 is 1.53 bits per heavy atom. The second-order valence-electron chi connectivity index (χ2n) is 4.08. The topological polar surface area (TPSA) is 35.8 Å². The Hall–Kier alpha value is -1.20. The minimum Gasteiger partial charge on any atom is -0.382 e. The van der Waals surface area contributed by atoms with Crippen LogP contribution in [-0.4, -0.2) is 6.04 Å². The van der Waals surface area contributed by atoms with Crippen LogP contribution in [0.5, 0.6) is 0 Å². The molecule has 1 saturated carbocycles. The number of hydrogen-bond donors (Lipinski definition) is 1. The van der Waals surface area contributed by atoms with E-state index in [2.05, 4.69) is 18.3 Å². The fourth-order valence-corrected chi connectivity index (χ4v) is 1.90. The lowest BCUT2D eigenvalue weighted by molar-refractivity contribution is 0.694. The Labute approximate surface area is 94.9 Å². The molecule has 2 rings (SSSR count). The molecule has 1 atom stereocenters. The van der Waals surface area contributed by atoms with Crippen molar-refractivity contribution >= 4 is 17.3 Å². The highest BCUT2D eigenvalue weighted by atomic mass is 35.5. The number of benzene rings is 1. The maximum absolute atomic E-state index is 8.73. The van der Waals surface area contributed by atoms with E-state index < -0.39 is 0 Å². The van der Waals surface area contributed by atoms with Gasteiger partial charge in [0.1, 0.15) is 6.07 Å². The van der Waals surface area contributed by atoms with Gasteiger partial charge in [0.15, 0.2) is 0 Å². The molecule has 0 amide bonds. The van der Waals surface area contributed by atoms with Crippen LogP contribution in [0.2, 0.25) is 5.02 Å². The first-order valence-corrected chi connectivity index (χ1v) is 5.54. The van der Waals surface area contributed by atoms with Gasteiger partial charge in [-0.1, -0.05) is 11.6 Å². The van der Waals surface area contributed by atoms with Crippen molar-refractivity contribution in [2.24, 2.45) is 5.92 Å². The van der Waals surface area contributed by atoms with Gasteiger partial charge < -0.3 is 5.32 Å². The highest BCUT2D eigenvalue weighted by Gasteiger charge is 2.27. The highest BCUT2D eigenvalue weighted by molar-refractivity contribution is 6.32. The Morgan fingerprint density at radius 3 is 2.80 bits per heavy atom. The van der Waals surface area contributed by atoms with E-state index in [1.54, 1.807) is 6.07 Å². The van der Waals surface area contributed by atoms with Crippen molar-refractivity contribution in [1.29, 1.82) is 5.26 Å². The molecule has 0 spiro atoms. The minimum absolute atomic E-state index is 0.494. The summed E-state index contributed by atoms with van der Waals surface area (Å²) in [6, 6.07) is 8.02. The Balaban J connectivity index is 2.09. The molecule has 1 aromatic rings. The van der Waals surface area contributed by atoms with Crippen molar-refractivity contribution in [1.82, 2.24) is 0 Å². The molecule has 1 aromatic carbocycles. The van der Waals surface area contributed by atoms with Gasteiger partial charge in [0.2, 0.25) is 0 Å². The molecule has 1 aliphatic rings. The summed E-state index contributed by atoms with van der Waals surface area (Å²) in [5.74, 6) is 0.805. The van der Waals surface area contributed by atoms with Gasteiger partial charge in [0.05, 0.1) is 10.6 Å². The zero-order chi connectivity index (χ0) is 10.8. The van der Waals surface area contributed by atoms with Crippen LogP contribution in [0.3, 0.4) is 0 Å². The molecule has 1 aliphatic carbocycles. The normalized spacial score (nSPS) is 16.9. The van der Waals surface area contributed by atoms with Crippen LogP contribution in [0.15, 0.2) is 18.2 Å². The summed E-state index contributed by atoms with van der Waals surface area (Å²) >= 11 is 5.95. The third-order valence-corrected chi connectivity index (χ3v) is 3.13. The molecule has 15 heavy (non-hydrogen) atoms. The summed E-state index contributed by atoms with van der Waals surface area (Å²) in [6.45, 7) is 2.18. The molecule has 0 saturated heterocycles. The van der Waals surface area contributed by atoms with Gasteiger partial charge in [-0.25, -0.2) is 0 Å². The van der Waals surface area contributed by atoms with Gasteiger partial charge in [0, 0.05) is 11.7 Å². The molecule has 0 aromatic heterocycles. The smallest absolute Gasteiger partial charge is 0.101 e. The summed E-state index contributed by atoms with van der Waals surface area (Å²) in [6.07, 6.45) is 2.64. The average Bonchev–Trinajstić information content (AvgIpc) is 3.01. The lowest BCUT2D eigenvalue weighted by Gasteiger charge is -2.14. The number of nitrogens with zero attached hydrogens (tertiary/aromatic N) is 1. The first kappa shape index (κ1) is 10.3. The number of hydrogen-bond acceptors (Lipinski definition) is 2. The Bertz CT molecular complexity index is 405. The molecular weight excluding hydrogens is 208 g/mol. The first-order chi connectivity index (χ1) is 7.20. The molecule has 3 heteroatoms. The van der Waals surface area contributed by atoms with E-state index in [9.17, 15) is 0 Å². The van der Waals surface area contributed by atoms with Gasteiger partial charge in [-0.05, 0) is 43.9 Å². The largest absolute Gasteiger partial charge is 0.382 e. The summed E-state index contributed by atoms with van der Waals surface area (Å²) in [4.78, 5) is 0. The number of nitriles is 1. The summed E-state index contributed by atoms with van der Waals surface area (Å²) < 4.78 is 0. The van der Waals surface area contributed by atoms with Gasteiger partial charge in [0.25, 0.3) is 0 Å². The SMILES string of the molecule is C[C@@H](Nc1ccc(C#N)c(Cl)c1)C1CC1. The highest BCUT2D eigenvalue weighted by Crippen LogP contribution is 2.34. The molecule has 0 aliphatic heterocycles. The number of nitrogens with one attached hydrogen (secondary N) is 1. The number of anilines is 1. The third-order valence-electron chi connectivity index (χ3n) is 2.81. The van der Waals surface area contributed by atoms with Crippen LogP contribution >= 0.6 is 11.6 Å². The van der Waals surface area contributed by atoms with Gasteiger partial charge in [-0.2, -0.15) is 5.26 Å². The quantitative estimate of drug-likeness (QED) is 0.847. The van der Waals surface area contributed by atoms with E-state index in [1.165, 1.54) is 12.8 Å². The monoisotopic (exact) mass is 220 g/mol. The van der Waals surface area contributed by atoms with Gasteiger partial charge in [-0.15, -0.1) is 0 Å². The molecule has 1 fully saturated rings.